The molecule has 1 aromatic heterocycles. The number of sulfonamides is 1. The van der Waals surface area contributed by atoms with Gasteiger partial charge in [-0.2, -0.15) is 4.31 Å². The van der Waals surface area contributed by atoms with Gasteiger partial charge < -0.3 is 5.11 Å². The van der Waals surface area contributed by atoms with Crippen LogP contribution < -0.4 is 0 Å². The Kier molecular flexibility index (Phi) is 5.32. The molecule has 1 rings (SSSR count). The minimum atomic E-state index is -3.45. The van der Waals surface area contributed by atoms with Crippen LogP contribution in [0.5, 0.6) is 0 Å². The van der Waals surface area contributed by atoms with Crippen molar-refractivity contribution in [3.63, 3.8) is 0 Å². The second-order valence-corrected chi connectivity index (χ2v) is 6.49. The molecule has 0 saturated carbocycles. The van der Waals surface area contributed by atoms with E-state index in [4.69, 9.17) is 5.11 Å². The van der Waals surface area contributed by atoms with Crippen LogP contribution in [0.2, 0.25) is 0 Å². The van der Waals surface area contributed by atoms with Crippen molar-refractivity contribution in [2.75, 3.05) is 13.1 Å². The minimum absolute atomic E-state index is 0.130. The van der Waals surface area contributed by atoms with E-state index in [1.54, 1.807) is 11.5 Å². The van der Waals surface area contributed by atoms with E-state index in [0.29, 0.717) is 18.0 Å². The van der Waals surface area contributed by atoms with E-state index >= 15 is 0 Å². The lowest BCUT2D eigenvalue weighted by atomic mass is 10.5. The predicted molar refractivity (Wildman–Crippen MR) is 69.5 cm³/mol. The van der Waals surface area contributed by atoms with Crippen molar-refractivity contribution < 1.29 is 13.5 Å². The minimum Gasteiger partial charge on any atom is -0.391 e. The third kappa shape index (κ3) is 3.38. The number of aliphatic hydroxyl groups is 1. The maximum absolute atomic E-state index is 12.2. The summed E-state index contributed by atoms with van der Waals surface area (Å²) in [6.07, 6.45) is 2.33. The van der Waals surface area contributed by atoms with Crippen LogP contribution in [0.1, 0.15) is 18.2 Å². The van der Waals surface area contributed by atoms with Crippen LogP contribution in [-0.4, -0.2) is 30.9 Å². The first-order valence-electron chi connectivity index (χ1n) is 5.35. The van der Waals surface area contributed by atoms with Gasteiger partial charge in [0.15, 0.2) is 0 Å². The van der Waals surface area contributed by atoms with Crippen LogP contribution in [-0.2, 0) is 16.6 Å². The quantitative estimate of drug-likeness (QED) is 0.772. The zero-order valence-electron chi connectivity index (χ0n) is 9.80. The third-order valence-corrected chi connectivity index (χ3v) is 5.14. The molecule has 1 heterocycles. The molecule has 0 atom stereocenters. The van der Waals surface area contributed by atoms with Gasteiger partial charge in [0.1, 0.15) is 0 Å². The van der Waals surface area contributed by atoms with Crippen molar-refractivity contribution in [3.8, 4) is 0 Å². The Morgan fingerprint density at radius 1 is 1.59 bits per heavy atom. The molecule has 96 valence electrons. The van der Waals surface area contributed by atoms with Crippen molar-refractivity contribution in [1.29, 1.82) is 0 Å². The van der Waals surface area contributed by atoms with Crippen molar-refractivity contribution in [2.24, 2.45) is 0 Å². The Morgan fingerprint density at radius 2 is 2.29 bits per heavy atom. The topological polar surface area (TPSA) is 57.6 Å². The molecule has 1 N–H and O–H groups in total. The van der Waals surface area contributed by atoms with Crippen LogP contribution in [0, 0.1) is 0 Å². The van der Waals surface area contributed by atoms with Gasteiger partial charge in [0.25, 0.3) is 0 Å². The molecule has 0 aromatic carbocycles. The Bertz CT molecular complexity index is 465. The molecule has 0 fully saturated rings. The number of thiophene rings is 1. The Balaban J connectivity index is 3.02. The summed E-state index contributed by atoms with van der Waals surface area (Å²) in [7, 11) is -3.45. The lowest BCUT2D eigenvalue weighted by Crippen LogP contribution is -2.31. The zero-order valence-corrected chi connectivity index (χ0v) is 11.4. The van der Waals surface area contributed by atoms with Gasteiger partial charge >= 0.3 is 0 Å². The molecule has 1 aromatic rings. The van der Waals surface area contributed by atoms with Crippen molar-refractivity contribution in [2.45, 2.75) is 24.8 Å². The van der Waals surface area contributed by atoms with Gasteiger partial charge in [0, 0.05) is 23.3 Å². The summed E-state index contributed by atoms with van der Waals surface area (Å²) in [6, 6.07) is 1.52. The lowest BCUT2D eigenvalue weighted by molar-refractivity contribution is 0.285. The number of rotatable bonds is 7. The van der Waals surface area contributed by atoms with Gasteiger partial charge in [0.2, 0.25) is 10.0 Å². The van der Waals surface area contributed by atoms with Gasteiger partial charge in [0.05, 0.1) is 11.5 Å². The highest BCUT2D eigenvalue weighted by Crippen LogP contribution is 2.22. The van der Waals surface area contributed by atoms with Crippen molar-refractivity contribution >= 4 is 21.4 Å². The summed E-state index contributed by atoms with van der Waals surface area (Å²) in [6.45, 7) is 6.14. The van der Waals surface area contributed by atoms with Crippen molar-refractivity contribution in [3.05, 3.63) is 29.0 Å². The lowest BCUT2D eigenvalue weighted by Gasteiger charge is -2.18. The highest BCUT2D eigenvalue weighted by Gasteiger charge is 2.23. The smallest absolute Gasteiger partial charge is 0.244 e. The van der Waals surface area contributed by atoms with Gasteiger partial charge in [-0.05, 0) is 12.5 Å². The van der Waals surface area contributed by atoms with E-state index in [1.165, 1.54) is 21.7 Å². The molecule has 0 unspecified atom stereocenters. The molecule has 4 nitrogen and oxygen atoms in total. The second kappa shape index (κ2) is 6.30. The number of hydrogen-bond donors (Lipinski definition) is 1. The SMILES string of the molecule is C=CCN(CCC)S(=O)(=O)c1csc(CO)c1. The molecular formula is C11H17NO3S2. The molecule has 0 saturated heterocycles. The largest absolute Gasteiger partial charge is 0.391 e. The zero-order chi connectivity index (χ0) is 12.9. The summed E-state index contributed by atoms with van der Waals surface area (Å²) in [5.74, 6) is 0. The van der Waals surface area contributed by atoms with Gasteiger partial charge in [-0.1, -0.05) is 13.0 Å². The number of hydrogen-bond acceptors (Lipinski definition) is 4. The Labute approximate surface area is 106 Å². The van der Waals surface area contributed by atoms with E-state index in [-0.39, 0.29) is 11.5 Å². The molecular weight excluding hydrogens is 258 g/mol. The average Bonchev–Trinajstić information content (AvgIpc) is 2.78. The Morgan fingerprint density at radius 3 is 2.76 bits per heavy atom. The van der Waals surface area contributed by atoms with Crippen LogP contribution in [0.25, 0.3) is 0 Å². The second-order valence-electron chi connectivity index (χ2n) is 3.56. The molecule has 0 spiro atoms. The van der Waals surface area contributed by atoms with Gasteiger partial charge in [-0.25, -0.2) is 8.42 Å². The highest BCUT2D eigenvalue weighted by atomic mass is 32.2. The number of nitrogens with zero attached hydrogens (tertiary/aromatic N) is 1. The van der Waals surface area contributed by atoms with Crippen LogP contribution in [0.15, 0.2) is 29.0 Å². The maximum atomic E-state index is 12.2. The molecule has 0 aliphatic heterocycles. The summed E-state index contributed by atoms with van der Waals surface area (Å²) >= 11 is 1.25. The molecule has 0 radical (unpaired) electrons. The first-order valence-corrected chi connectivity index (χ1v) is 7.67. The van der Waals surface area contributed by atoms with E-state index in [1.807, 2.05) is 6.92 Å². The fourth-order valence-electron chi connectivity index (χ4n) is 1.43. The van der Waals surface area contributed by atoms with Crippen LogP contribution in [0.4, 0.5) is 0 Å². The van der Waals surface area contributed by atoms with Crippen molar-refractivity contribution in [1.82, 2.24) is 4.31 Å². The Hall–Kier alpha value is -0.690. The summed E-state index contributed by atoms with van der Waals surface area (Å²) in [5.41, 5.74) is 0. The molecule has 0 aliphatic carbocycles. The normalized spacial score (nSPS) is 11.9. The van der Waals surface area contributed by atoms with Gasteiger partial charge in [-0.15, -0.1) is 17.9 Å². The van der Waals surface area contributed by atoms with Gasteiger partial charge in [-0.3, -0.25) is 0 Å². The first kappa shape index (κ1) is 14.4. The van der Waals surface area contributed by atoms with E-state index in [2.05, 4.69) is 6.58 Å². The standard InChI is InChI=1S/C11H17NO3S2/c1-3-5-12(6-4-2)17(14,15)11-7-10(8-13)16-9-11/h3,7,9,13H,1,4-6,8H2,2H3. The fraction of sp³-hybridized carbons (Fsp3) is 0.455. The first-order chi connectivity index (χ1) is 8.06. The molecule has 0 amide bonds. The average molecular weight is 275 g/mol. The summed E-state index contributed by atoms with van der Waals surface area (Å²) in [5, 5.41) is 10.5. The monoisotopic (exact) mass is 275 g/mol. The van der Waals surface area contributed by atoms with E-state index in [0.717, 1.165) is 6.42 Å². The number of aliphatic hydroxyl groups excluding tert-OH is 1. The predicted octanol–water partition coefficient (Wildman–Crippen LogP) is 1.83. The molecule has 0 bridgehead atoms. The van der Waals surface area contributed by atoms with E-state index in [9.17, 15) is 8.42 Å². The fourth-order valence-corrected chi connectivity index (χ4v) is 4.06. The summed E-state index contributed by atoms with van der Waals surface area (Å²) < 4.78 is 25.9. The van der Waals surface area contributed by atoms with Crippen LogP contribution >= 0.6 is 11.3 Å². The van der Waals surface area contributed by atoms with Crippen LogP contribution in [0.3, 0.4) is 0 Å². The molecule has 0 aliphatic rings. The summed E-state index contributed by atoms with van der Waals surface area (Å²) in [4.78, 5) is 0.903. The highest BCUT2D eigenvalue weighted by molar-refractivity contribution is 7.89. The third-order valence-electron chi connectivity index (χ3n) is 2.23. The molecule has 6 heteroatoms. The molecule has 17 heavy (non-hydrogen) atoms. The maximum Gasteiger partial charge on any atom is 0.244 e. The van der Waals surface area contributed by atoms with E-state index < -0.39 is 10.0 Å².